The SMILES string of the molecule is CC(C)c1cccc(C(C)C)c1-n1c(-c2cccc3c2oc2ccccc23)nc2nc(C(C)(C)C)ccc21. The zero-order chi connectivity index (χ0) is 26.8. The lowest BCUT2D eigenvalue weighted by Crippen LogP contribution is -2.13. The van der Waals surface area contributed by atoms with Gasteiger partial charge in [0.15, 0.2) is 11.5 Å². The molecule has 3 aromatic carbocycles. The quantitative estimate of drug-likeness (QED) is 0.241. The number of imidazole rings is 1. The number of pyridine rings is 1. The maximum atomic E-state index is 6.48. The maximum absolute atomic E-state index is 6.48. The van der Waals surface area contributed by atoms with Crippen LogP contribution >= 0.6 is 0 Å². The summed E-state index contributed by atoms with van der Waals surface area (Å²) in [5.74, 6) is 1.55. The van der Waals surface area contributed by atoms with Gasteiger partial charge >= 0.3 is 0 Å². The van der Waals surface area contributed by atoms with E-state index in [1.165, 1.54) is 16.8 Å². The lowest BCUT2D eigenvalue weighted by Gasteiger charge is -2.22. The monoisotopic (exact) mass is 501 g/mol. The Labute approximate surface area is 224 Å². The fourth-order valence-electron chi connectivity index (χ4n) is 5.48. The van der Waals surface area contributed by atoms with E-state index < -0.39 is 0 Å². The van der Waals surface area contributed by atoms with Crippen LogP contribution in [0.1, 0.15) is 77.1 Å². The highest BCUT2D eigenvalue weighted by molar-refractivity contribution is 6.09. The minimum Gasteiger partial charge on any atom is -0.455 e. The number of aromatic nitrogens is 3. The summed E-state index contributed by atoms with van der Waals surface area (Å²) in [5.41, 5.74) is 9.24. The minimum atomic E-state index is -0.0736. The molecule has 4 nitrogen and oxygen atoms in total. The van der Waals surface area contributed by atoms with Crippen molar-refractivity contribution in [3.8, 4) is 17.1 Å². The molecule has 0 spiro atoms. The molecule has 38 heavy (non-hydrogen) atoms. The minimum absolute atomic E-state index is 0.0736. The summed E-state index contributed by atoms with van der Waals surface area (Å²) in [5, 5.41) is 2.21. The highest BCUT2D eigenvalue weighted by atomic mass is 16.3. The molecule has 3 aromatic heterocycles. The van der Waals surface area contributed by atoms with Crippen molar-refractivity contribution in [1.29, 1.82) is 0 Å². The van der Waals surface area contributed by atoms with Gasteiger partial charge in [0.25, 0.3) is 0 Å². The van der Waals surface area contributed by atoms with Crippen molar-refractivity contribution in [3.63, 3.8) is 0 Å². The first-order valence-electron chi connectivity index (χ1n) is 13.6. The number of furan rings is 1. The van der Waals surface area contributed by atoms with Gasteiger partial charge < -0.3 is 4.42 Å². The Bertz CT molecular complexity index is 1790. The standard InChI is InChI=1S/C34H35N3O/c1-20(2)22-13-10-14-23(21(3)4)30(22)37-27-18-19-29(34(5,6)7)35-32(27)36-33(37)26-16-11-15-25-24-12-8-9-17-28(24)38-31(25)26/h8-21H,1-7H3. The number of rotatable bonds is 4. The summed E-state index contributed by atoms with van der Waals surface area (Å²) < 4.78 is 8.82. The van der Waals surface area contributed by atoms with E-state index in [1.54, 1.807) is 0 Å². The molecule has 0 saturated carbocycles. The highest BCUT2D eigenvalue weighted by Crippen LogP contribution is 2.41. The van der Waals surface area contributed by atoms with Crippen LogP contribution in [0.3, 0.4) is 0 Å². The molecule has 0 atom stereocenters. The Morgan fingerprint density at radius 2 is 1.37 bits per heavy atom. The molecule has 192 valence electrons. The number of benzene rings is 3. The number of nitrogens with zero attached hydrogens (tertiary/aromatic N) is 3. The van der Waals surface area contributed by atoms with Crippen LogP contribution in [0.25, 0.3) is 50.2 Å². The molecule has 0 fully saturated rings. The summed E-state index contributed by atoms with van der Waals surface area (Å²) in [6, 6.07) is 25.6. The Morgan fingerprint density at radius 1 is 0.711 bits per heavy atom. The van der Waals surface area contributed by atoms with E-state index in [9.17, 15) is 0 Å². The number of para-hydroxylation sites is 3. The van der Waals surface area contributed by atoms with Crippen LogP contribution in [0, 0.1) is 0 Å². The first-order chi connectivity index (χ1) is 18.1. The third kappa shape index (κ3) is 3.82. The van der Waals surface area contributed by atoms with Gasteiger partial charge in [0.05, 0.1) is 16.8 Å². The molecule has 6 rings (SSSR count). The van der Waals surface area contributed by atoms with Gasteiger partial charge in [0, 0.05) is 21.9 Å². The molecule has 3 heterocycles. The largest absolute Gasteiger partial charge is 0.455 e. The Balaban J connectivity index is 1.77. The van der Waals surface area contributed by atoms with Crippen molar-refractivity contribution in [2.75, 3.05) is 0 Å². The third-order valence-corrected chi connectivity index (χ3v) is 7.50. The van der Waals surface area contributed by atoms with Gasteiger partial charge in [-0.3, -0.25) is 4.57 Å². The molecule has 0 bridgehead atoms. The smallest absolute Gasteiger partial charge is 0.178 e. The molecule has 0 N–H and O–H groups in total. The van der Waals surface area contributed by atoms with E-state index in [4.69, 9.17) is 14.4 Å². The van der Waals surface area contributed by atoms with Gasteiger partial charge in [-0.15, -0.1) is 0 Å². The van der Waals surface area contributed by atoms with Crippen molar-refractivity contribution < 1.29 is 4.42 Å². The molecule has 0 aliphatic carbocycles. The molecule has 0 amide bonds. The second-order valence-corrected chi connectivity index (χ2v) is 11.9. The van der Waals surface area contributed by atoms with E-state index in [0.717, 1.165) is 50.2 Å². The molecular weight excluding hydrogens is 466 g/mol. The van der Waals surface area contributed by atoms with E-state index in [1.807, 2.05) is 12.1 Å². The Morgan fingerprint density at radius 3 is 2.05 bits per heavy atom. The van der Waals surface area contributed by atoms with E-state index in [-0.39, 0.29) is 5.41 Å². The Kier molecular flexibility index (Phi) is 5.68. The lowest BCUT2D eigenvalue weighted by atomic mass is 9.91. The summed E-state index contributed by atoms with van der Waals surface area (Å²) in [7, 11) is 0. The number of fused-ring (bicyclic) bond motifs is 4. The topological polar surface area (TPSA) is 43.9 Å². The third-order valence-electron chi connectivity index (χ3n) is 7.50. The van der Waals surface area contributed by atoms with Crippen LogP contribution in [-0.2, 0) is 5.41 Å². The molecular formula is C34H35N3O. The predicted molar refractivity (Wildman–Crippen MR) is 158 cm³/mol. The van der Waals surface area contributed by atoms with Gasteiger partial charge in [-0.2, -0.15) is 0 Å². The molecule has 0 unspecified atom stereocenters. The van der Waals surface area contributed by atoms with Crippen LogP contribution in [0.2, 0.25) is 0 Å². The molecule has 0 aliphatic heterocycles. The highest BCUT2D eigenvalue weighted by Gasteiger charge is 2.26. The number of hydrogen-bond donors (Lipinski definition) is 0. The van der Waals surface area contributed by atoms with Crippen LogP contribution in [0.15, 0.2) is 77.2 Å². The summed E-state index contributed by atoms with van der Waals surface area (Å²) in [6.07, 6.45) is 0. The van der Waals surface area contributed by atoms with Crippen LogP contribution in [0.4, 0.5) is 0 Å². The maximum Gasteiger partial charge on any atom is 0.178 e. The van der Waals surface area contributed by atoms with Crippen LogP contribution < -0.4 is 0 Å². The van der Waals surface area contributed by atoms with Gasteiger partial charge in [0.1, 0.15) is 11.2 Å². The van der Waals surface area contributed by atoms with Crippen molar-refractivity contribution in [3.05, 3.63) is 89.6 Å². The lowest BCUT2D eigenvalue weighted by molar-refractivity contribution is 0.571. The van der Waals surface area contributed by atoms with Crippen LogP contribution in [0.5, 0.6) is 0 Å². The average Bonchev–Trinajstić information content (AvgIpc) is 3.45. The zero-order valence-electron chi connectivity index (χ0n) is 23.3. The van der Waals surface area contributed by atoms with Gasteiger partial charge in [0.2, 0.25) is 0 Å². The first-order valence-corrected chi connectivity index (χ1v) is 13.6. The van der Waals surface area contributed by atoms with Crippen molar-refractivity contribution in [2.24, 2.45) is 0 Å². The van der Waals surface area contributed by atoms with E-state index in [0.29, 0.717) is 11.8 Å². The summed E-state index contributed by atoms with van der Waals surface area (Å²) in [4.78, 5) is 10.3. The summed E-state index contributed by atoms with van der Waals surface area (Å²) in [6.45, 7) is 15.6. The van der Waals surface area contributed by atoms with Crippen molar-refractivity contribution >= 4 is 33.1 Å². The van der Waals surface area contributed by atoms with Gasteiger partial charge in [-0.05, 0) is 47.2 Å². The van der Waals surface area contributed by atoms with Crippen LogP contribution in [-0.4, -0.2) is 14.5 Å². The van der Waals surface area contributed by atoms with E-state index >= 15 is 0 Å². The predicted octanol–water partition coefficient (Wildman–Crippen LogP) is 9.53. The Hall–Kier alpha value is -3.92. The van der Waals surface area contributed by atoms with Gasteiger partial charge in [-0.25, -0.2) is 9.97 Å². The molecule has 4 heteroatoms. The average molecular weight is 502 g/mol. The van der Waals surface area contributed by atoms with E-state index in [2.05, 4.69) is 114 Å². The van der Waals surface area contributed by atoms with Gasteiger partial charge in [-0.1, -0.05) is 97.0 Å². The zero-order valence-corrected chi connectivity index (χ0v) is 23.3. The second-order valence-electron chi connectivity index (χ2n) is 11.9. The fraction of sp³-hybridized carbons (Fsp3) is 0.294. The van der Waals surface area contributed by atoms with Crippen molar-refractivity contribution in [2.45, 2.75) is 65.7 Å². The molecule has 0 saturated heterocycles. The second kappa shape index (κ2) is 8.83. The number of hydrogen-bond acceptors (Lipinski definition) is 3. The molecule has 0 radical (unpaired) electrons. The van der Waals surface area contributed by atoms with Crippen molar-refractivity contribution in [1.82, 2.24) is 14.5 Å². The fourth-order valence-corrected chi connectivity index (χ4v) is 5.48. The molecule has 6 aromatic rings. The normalized spacial score (nSPS) is 12.6. The summed E-state index contributed by atoms with van der Waals surface area (Å²) >= 11 is 0. The first kappa shape index (κ1) is 24.4. The molecule has 0 aliphatic rings.